The minimum Gasteiger partial charge on any atom is -0.540 e. The van der Waals surface area contributed by atoms with E-state index in [1.54, 1.807) is 0 Å². The molecule has 3 radical (unpaired) electrons. The van der Waals surface area contributed by atoms with Crippen LogP contribution in [0, 0.1) is 11.5 Å². The number of benzene rings is 1. The van der Waals surface area contributed by atoms with Gasteiger partial charge in [0.2, 0.25) is 0 Å². The van der Waals surface area contributed by atoms with Crippen LogP contribution in [0.1, 0.15) is 11.1 Å². The molecule has 0 aliphatic heterocycles. The van der Waals surface area contributed by atoms with Crippen LogP contribution >= 0.6 is 0 Å². The Morgan fingerprint density at radius 3 is 2.28 bits per heavy atom. The maximum Gasteiger partial charge on any atom is 0.417 e. The fourth-order valence-corrected chi connectivity index (χ4v) is 1.82. The first-order chi connectivity index (χ1) is 8.13. The van der Waals surface area contributed by atoms with Crippen molar-refractivity contribution in [2.24, 2.45) is 0 Å². The zero-order chi connectivity index (χ0) is 14.0. The quantitative estimate of drug-likeness (QED) is 0.567. The molecule has 1 aromatic rings. The maximum atomic E-state index is 12.9. The lowest BCUT2D eigenvalue weighted by Crippen LogP contribution is -2.16. The third-order valence-corrected chi connectivity index (χ3v) is 3.10. The fourth-order valence-electron chi connectivity index (χ4n) is 1.19. The molecule has 0 aliphatic carbocycles. The largest absolute Gasteiger partial charge is 0.540 e. The summed E-state index contributed by atoms with van der Waals surface area (Å²) in [5.41, 5.74) is 2.13. The van der Waals surface area contributed by atoms with Gasteiger partial charge in [0.15, 0.2) is 0 Å². The molecule has 0 atom stereocenters. The lowest BCUT2D eigenvalue weighted by atomic mass is 10.1. The second-order valence-electron chi connectivity index (χ2n) is 4.81. The summed E-state index contributed by atoms with van der Waals surface area (Å²) in [6.45, 7) is 5.93. The van der Waals surface area contributed by atoms with Crippen molar-refractivity contribution < 1.29 is 17.6 Å². The average Bonchev–Trinajstić information content (AvgIpc) is 2.24. The number of hydrogen-bond acceptors (Lipinski definition) is 1. The van der Waals surface area contributed by atoms with Crippen LogP contribution in [0.4, 0.5) is 13.2 Å². The third kappa shape index (κ3) is 4.24. The minimum atomic E-state index is -4.44. The molecule has 1 rings (SSSR count). The van der Waals surface area contributed by atoms with Crippen LogP contribution < -0.4 is 4.43 Å². The van der Waals surface area contributed by atoms with Crippen molar-refractivity contribution in [2.75, 3.05) is 0 Å². The Labute approximate surface area is 109 Å². The number of halogens is 3. The van der Waals surface area contributed by atoms with Gasteiger partial charge in [0, 0.05) is 5.56 Å². The number of hydrogen-bond donors (Lipinski definition) is 0. The van der Waals surface area contributed by atoms with Gasteiger partial charge < -0.3 is 4.43 Å². The molecule has 1 nitrogen and oxygen atoms in total. The zero-order valence-electron chi connectivity index (χ0n) is 10.3. The Balaban J connectivity index is 3.31. The van der Waals surface area contributed by atoms with Gasteiger partial charge in [0.05, 0.1) is 5.56 Å². The number of alkyl halides is 3. The molecule has 0 aromatic heterocycles. The van der Waals surface area contributed by atoms with Crippen LogP contribution in [-0.4, -0.2) is 18.6 Å². The van der Waals surface area contributed by atoms with Crippen LogP contribution in [0.5, 0.6) is 5.75 Å². The van der Waals surface area contributed by atoms with E-state index in [1.807, 2.05) is 19.6 Å². The molecule has 1 aromatic carbocycles. The molecule has 0 saturated carbocycles. The summed E-state index contributed by atoms with van der Waals surface area (Å²) in [5.74, 6) is 2.73. The van der Waals surface area contributed by atoms with Crippen molar-refractivity contribution in [3.8, 4) is 17.2 Å². The fraction of sp³-hybridized carbons (Fsp3) is 0.333. The monoisotopic (exact) mass is 285 g/mol. The smallest absolute Gasteiger partial charge is 0.417 e. The van der Waals surface area contributed by atoms with Gasteiger partial charge in [0.25, 0.3) is 0 Å². The van der Waals surface area contributed by atoms with E-state index in [2.05, 4.69) is 26.4 Å². The second-order valence-corrected chi connectivity index (χ2v) is 9.76. The van der Waals surface area contributed by atoms with Gasteiger partial charge >= 0.3 is 16.7 Å². The Kier molecular flexibility index (Phi) is 4.30. The molecule has 0 amide bonds. The lowest BCUT2D eigenvalue weighted by Gasteiger charge is -2.11. The summed E-state index contributed by atoms with van der Waals surface area (Å²) in [6.07, 6.45) is -4.44. The van der Waals surface area contributed by atoms with E-state index in [-0.39, 0.29) is 11.3 Å². The van der Waals surface area contributed by atoms with Gasteiger partial charge in [-0.25, -0.2) is 0 Å². The summed E-state index contributed by atoms with van der Waals surface area (Å²) < 4.78 is 43.2. The first-order valence-corrected chi connectivity index (χ1v) is 9.12. The number of rotatable bonds is 1. The van der Waals surface area contributed by atoms with Crippen molar-refractivity contribution >= 4 is 18.6 Å². The molecule has 0 bridgehead atoms. The van der Waals surface area contributed by atoms with Gasteiger partial charge in [-0.1, -0.05) is 25.6 Å². The first kappa shape index (κ1) is 14.9. The normalized spacial score (nSPS) is 11.7. The molecule has 0 unspecified atom stereocenters. The summed E-state index contributed by atoms with van der Waals surface area (Å²) in [6, 6.07) is 3.70. The SMILES string of the molecule is C[Si](C)(C)C#Cc1ccc(O[Si])cc1C(F)(F)F. The van der Waals surface area contributed by atoms with E-state index < -0.39 is 19.8 Å². The van der Waals surface area contributed by atoms with E-state index in [4.69, 9.17) is 0 Å². The molecular weight excluding hydrogens is 273 g/mol. The zero-order valence-corrected chi connectivity index (χ0v) is 12.3. The van der Waals surface area contributed by atoms with Crippen LogP contribution in [-0.2, 0) is 6.18 Å². The van der Waals surface area contributed by atoms with Gasteiger partial charge in [-0.05, 0) is 18.2 Å². The van der Waals surface area contributed by atoms with E-state index >= 15 is 0 Å². The van der Waals surface area contributed by atoms with Crippen molar-refractivity contribution in [2.45, 2.75) is 25.8 Å². The molecule has 0 spiro atoms. The van der Waals surface area contributed by atoms with Crippen molar-refractivity contribution in [3.05, 3.63) is 29.3 Å². The van der Waals surface area contributed by atoms with E-state index in [9.17, 15) is 13.2 Å². The van der Waals surface area contributed by atoms with Crippen LogP contribution in [0.15, 0.2) is 18.2 Å². The van der Waals surface area contributed by atoms with Gasteiger partial charge in [0.1, 0.15) is 13.8 Å². The second kappa shape index (κ2) is 5.20. The Morgan fingerprint density at radius 2 is 1.83 bits per heavy atom. The minimum absolute atomic E-state index is 0.0163. The third-order valence-electron chi connectivity index (χ3n) is 1.99. The van der Waals surface area contributed by atoms with Crippen LogP contribution in [0.2, 0.25) is 19.6 Å². The first-order valence-electron chi connectivity index (χ1n) is 5.21. The standard InChI is InChI=1S/C12H12F3OSi2/c1-18(2,3)7-6-9-4-5-10(16-17)8-11(9)12(13,14)15/h4-5,8H,1-3H3. The van der Waals surface area contributed by atoms with E-state index in [0.29, 0.717) is 0 Å². The molecule has 0 fully saturated rings. The van der Waals surface area contributed by atoms with Crippen LogP contribution in [0.3, 0.4) is 0 Å². The summed E-state index contributed by atoms with van der Waals surface area (Å²) in [5, 5.41) is 0. The van der Waals surface area contributed by atoms with Crippen LogP contribution in [0.25, 0.3) is 0 Å². The van der Waals surface area contributed by atoms with Crippen molar-refractivity contribution in [3.63, 3.8) is 0 Å². The summed E-state index contributed by atoms with van der Waals surface area (Å²) in [4.78, 5) is 0. The molecule has 95 valence electrons. The predicted octanol–water partition coefficient (Wildman–Crippen LogP) is 3.40. The summed E-state index contributed by atoms with van der Waals surface area (Å²) >= 11 is 0. The highest BCUT2D eigenvalue weighted by Crippen LogP contribution is 2.34. The average molecular weight is 285 g/mol. The molecule has 0 N–H and O–H groups in total. The lowest BCUT2D eigenvalue weighted by molar-refractivity contribution is -0.137. The maximum absolute atomic E-state index is 12.9. The summed E-state index contributed by atoms with van der Waals surface area (Å²) in [7, 11) is 0.993. The molecule has 0 heterocycles. The Bertz CT molecular complexity index is 493. The molecule has 6 heteroatoms. The predicted molar refractivity (Wildman–Crippen MR) is 68.1 cm³/mol. The van der Waals surface area contributed by atoms with Crippen molar-refractivity contribution in [1.82, 2.24) is 0 Å². The van der Waals surface area contributed by atoms with E-state index in [1.165, 1.54) is 12.1 Å². The Hall–Kier alpha value is -1.20. The van der Waals surface area contributed by atoms with Crippen molar-refractivity contribution in [1.29, 1.82) is 0 Å². The highest BCUT2D eigenvalue weighted by atomic mass is 28.3. The molecular formula is C12H12F3OSi2. The van der Waals surface area contributed by atoms with Gasteiger partial charge in [-0.2, -0.15) is 13.2 Å². The van der Waals surface area contributed by atoms with Gasteiger partial charge in [-0.15, -0.1) is 5.54 Å². The highest BCUT2D eigenvalue weighted by molar-refractivity contribution is 6.83. The highest BCUT2D eigenvalue weighted by Gasteiger charge is 2.33. The molecule has 0 aliphatic rings. The molecule has 0 saturated heterocycles. The topological polar surface area (TPSA) is 9.23 Å². The molecule has 18 heavy (non-hydrogen) atoms. The van der Waals surface area contributed by atoms with E-state index in [0.717, 1.165) is 6.07 Å². The Morgan fingerprint density at radius 1 is 1.22 bits per heavy atom. The van der Waals surface area contributed by atoms with Gasteiger partial charge in [-0.3, -0.25) is 0 Å².